The third kappa shape index (κ3) is 3.80. The van der Waals surface area contributed by atoms with E-state index in [2.05, 4.69) is 0 Å². The average molecular weight is 233 g/mol. The molecule has 0 bridgehead atoms. The number of rotatable bonds is 5. The lowest BCUT2D eigenvalue weighted by Crippen LogP contribution is -2.04. The van der Waals surface area contributed by atoms with E-state index in [9.17, 15) is 9.90 Å². The third-order valence-corrected chi connectivity index (χ3v) is 2.37. The van der Waals surface area contributed by atoms with Gasteiger partial charge < -0.3 is 9.84 Å². The predicted octanol–water partition coefficient (Wildman–Crippen LogP) is 2.15. The Balaban J connectivity index is 2.56. The fourth-order valence-electron chi connectivity index (χ4n) is 1.58. The number of carbonyl (C=O) groups excluding carboxylic acids is 1. The lowest BCUT2D eigenvalue weighted by atomic mass is 10.0. The van der Waals surface area contributed by atoms with Crippen molar-refractivity contribution in [1.82, 2.24) is 0 Å². The van der Waals surface area contributed by atoms with Gasteiger partial charge in [-0.2, -0.15) is 5.26 Å². The largest absolute Gasteiger partial charge is 0.507 e. The van der Waals surface area contributed by atoms with Crippen LogP contribution >= 0.6 is 0 Å². The second-order valence-corrected chi connectivity index (χ2v) is 3.58. The number of benzene rings is 1. The van der Waals surface area contributed by atoms with Crippen molar-refractivity contribution in [3.8, 4) is 11.8 Å². The smallest absolute Gasteiger partial charge is 0.305 e. The lowest BCUT2D eigenvalue weighted by Gasteiger charge is -2.05. The van der Waals surface area contributed by atoms with Crippen molar-refractivity contribution in [2.75, 3.05) is 6.61 Å². The molecule has 1 aromatic rings. The van der Waals surface area contributed by atoms with Gasteiger partial charge in [0, 0.05) is 6.42 Å². The first-order chi connectivity index (χ1) is 8.19. The molecule has 0 amide bonds. The van der Waals surface area contributed by atoms with Crippen LogP contribution in [-0.2, 0) is 16.0 Å². The Hall–Kier alpha value is -2.02. The van der Waals surface area contributed by atoms with Crippen molar-refractivity contribution in [1.29, 1.82) is 5.26 Å². The van der Waals surface area contributed by atoms with Gasteiger partial charge in [-0.3, -0.25) is 4.79 Å². The molecule has 1 aromatic carbocycles. The SMILES string of the molecule is CCOC(=O)CCCc1cccc(O)c1C#N. The van der Waals surface area contributed by atoms with Gasteiger partial charge in [-0.1, -0.05) is 12.1 Å². The highest BCUT2D eigenvalue weighted by molar-refractivity contribution is 5.69. The van der Waals surface area contributed by atoms with Crippen molar-refractivity contribution in [3.05, 3.63) is 29.3 Å². The van der Waals surface area contributed by atoms with Gasteiger partial charge in [-0.05, 0) is 31.4 Å². The summed E-state index contributed by atoms with van der Waals surface area (Å²) in [4.78, 5) is 11.1. The van der Waals surface area contributed by atoms with Crippen LogP contribution in [0.5, 0.6) is 5.75 Å². The van der Waals surface area contributed by atoms with Crippen LogP contribution in [0.25, 0.3) is 0 Å². The van der Waals surface area contributed by atoms with Crippen molar-refractivity contribution in [3.63, 3.8) is 0 Å². The number of phenols is 1. The van der Waals surface area contributed by atoms with E-state index in [1.54, 1.807) is 19.1 Å². The number of carbonyl (C=O) groups is 1. The molecular weight excluding hydrogens is 218 g/mol. The standard InChI is InChI=1S/C13H15NO3/c1-2-17-13(16)8-4-6-10-5-3-7-12(15)11(10)9-14/h3,5,7,15H,2,4,6,8H2,1H3. The highest BCUT2D eigenvalue weighted by atomic mass is 16.5. The van der Waals surface area contributed by atoms with Crippen LogP contribution in [0.15, 0.2) is 18.2 Å². The molecule has 1 rings (SSSR count). The zero-order valence-corrected chi connectivity index (χ0v) is 9.77. The number of hydrogen-bond donors (Lipinski definition) is 1. The molecule has 0 saturated heterocycles. The molecule has 0 heterocycles. The second-order valence-electron chi connectivity index (χ2n) is 3.58. The van der Waals surface area contributed by atoms with E-state index in [4.69, 9.17) is 10.00 Å². The van der Waals surface area contributed by atoms with Crippen molar-refractivity contribution >= 4 is 5.97 Å². The number of nitrogens with zero attached hydrogens (tertiary/aromatic N) is 1. The van der Waals surface area contributed by atoms with Crippen molar-refractivity contribution in [2.24, 2.45) is 0 Å². The summed E-state index contributed by atoms with van der Waals surface area (Å²) < 4.78 is 4.81. The Morgan fingerprint density at radius 3 is 2.94 bits per heavy atom. The Kier molecular flexibility index (Phi) is 5.02. The van der Waals surface area contributed by atoms with E-state index in [1.807, 2.05) is 6.07 Å². The molecule has 0 atom stereocenters. The maximum atomic E-state index is 11.1. The van der Waals surface area contributed by atoms with Gasteiger partial charge in [-0.15, -0.1) is 0 Å². The van der Waals surface area contributed by atoms with E-state index in [-0.39, 0.29) is 17.3 Å². The molecule has 4 nitrogen and oxygen atoms in total. The first-order valence-corrected chi connectivity index (χ1v) is 5.55. The highest BCUT2D eigenvalue weighted by Crippen LogP contribution is 2.21. The summed E-state index contributed by atoms with van der Waals surface area (Å²) in [6.07, 6.45) is 1.52. The van der Waals surface area contributed by atoms with Gasteiger partial charge in [0.2, 0.25) is 0 Å². The molecule has 0 unspecified atom stereocenters. The molecule has 0 aliphatic rings. The van der Waals surface area contributed by atoms with Gasteiger partial charge in [0.05, 0.1) is 12.2 Å². The van der Waals surface area contributed by atoms with E-state index in [0.717, 1.165) is 5.56 Å². The fourth-order valence-corrected chi connectivity index (χ4v) is 1.58. The number of nitriles is 1. The number of hydrogen-bond acceptors (Lipinski definition) is 4. The predicted molar refractivity (Wildman–Crippen MR) is 62.4 cm³/mol. The normalized spacial score (nSPS) is 9.65. The topological polar surface area (TPSA) is 70.3 Å². The summed E-state index contributed by atoms with van der Waals surface area (Å²) in [7, 11) is 0. The van der Waals surface area contributed by atoms with Crippen LogP contribution in [0, 0.1) is 11.3 Å². The molecular formula is C13H15NO3. The number of esters is 1. The summed E-state index contributed by atoms with van der Waals surface area (Å²) >= 11 is 0. The number of aromatic hydroxyl groups is 1. The Morgan fingerprint density at radius 2 is 2.29 bits per heavy atom. The molecule has 4 heteroatoms. The van der Waals surface area contributed by atoms with Crippen LogP contribution < -0.4 is 0 Å². The molecule has 0 aliphatic carbocycles. The Morgan fingerprint density at radius 1 is 1.53 bits per heavy atom. The zero-order valence-electron chi connectivity index (χ0n) is 9.77. The van der Waals surface area contributed by atoms with Crippen LogP contribution in [0.3, 0.4) is 0 Å². The first-order valence-electron chi connectivity index (χ1n) is 5.55. The molecule has 0 aliphatic heterocycles. The molecule has 0 fully saturated rings. The summed E-state index contributed by atoms with van der Waals surface area (Å²) in [5, 5.41) is 18.4. The fraction of sp³-hybridized carbons (Fsp3) is 0.385. The Bertz CT molecular complexity index is 435. The second kappa shape index (κ2) is 6.54. The van der Waals surface area contributed by atoms with Gasteiger partial charge in [0.25, 0.3) is 0 Å². The summed E-state index contributed by atoms with van der Waals surface area (Å²) in [6.45, 7) is 2.15. The summed E-state index contributed by atoms with van der Waals surface area (Å²) in [5.41, 5.74) is 1.05. The van der Waals surface area contributed by atoms with E-state index >= 15 is 0 Å². The van der Waals surface area contributed by atoms with E-state index in [1.165, 1.54) is 6.07 Å². The van der Waals surface area contributed by atoms with Crippen LogP contribution in [0.4, 0.5) is 0 Å². The number of aryl methyl sites for hydroxylation is 1. The van der Waals surface area contributed by atoms with Gasteiger partial charge in [0.15, 0.2) is 0 Å². The van der Waals surface area contributed by atoms with Gasteiger partial charge in [-0.25, -0.2) is 0 Å². The molecule has 0 saturated carbocycles. The first kappa shape index (κ1) is 13.0. The Labute approximate surface area is 100 Å². The van der Waals surface area contributed by atoms with Gasteiger partial charge >= 0.3 is 5.97 Å². The van der Waals surface area contributed by atoms with Crippen LogP contribution in [0.1, 0.15) is 30.9 Å². The van der Waals surface area contributed by atoms with Crippen LogP contribution in [0.2, 0.25) is 0 Å². The molecule has 0 spiro atoms. The number of phenolic OH excluding ortho intramolecular Hbond substituents is 1. The molecule has 90 valence electrons. The van der Waals surface area contributed by atoms with Gasteiger partial charge in [0.1, 0.15) is 11.8 Å². The molecule has 0 aromatic heterocycles. The van der Waals surface area contributed by atoms with Crippen molar-refractivity contribution < 1.29 is 14.6 Å². The highest BCUT2D eigenvalue weighted by Gasteiger charge is 2.08. The van der Waals surface area contributed by atoms with E-state index in [0.29, 0.717) is 25.9 Å². The molecule has 0 radical (unpaired) electrons. The average Bonchev–Trinajstić information content (AvgIpc) is 2.29. The zero-order chi connectivity index (χ0) is 12.7. The lowest BCUT2D eigenvalue weighted by molar-refractivity contribution is -0.143. The molecule has 1 N–H and O–H groups in total. The third-order valence-electron chi connectivity index (χ3n) is 2.37. The van der Waals surface area contributed by atoms with Crippen LogP contribution in [-0.4, -0.2) is 17.7 Å². The summed E-state index contributed by atoms with van der Waals surface area (Å²) in [6, 6.07) is 6.91. The van der Waals surface area contributed by atoms with E-state index < -0.39 is 0 Å². The van der Waals surface area contributed by atoms with Crippen molar-refractivity contribution in [2.45, 2.75) is 26.2 Å². The maximum Gasteiger partial charge on any atom is 0.305 e. The monoisotopic (exact) mass is 233 g/mol. The molecule has 17 heavy (non-hydrogen) atoms. The number of ether oxygens (including phenoxy) is 1. The summed E-state index contributed by atoms with van der Waals surface area (Å²) in [5.74, 6) is -0.243. The quantitative estimate of drug-likeness (QED) is 0.791. The minimum absolute atomic E-state index is 0.0128. The maximum absolute atomic E-state index is 11.1. The minimum Gasteiger partial charge on any atom is -0.507 e. The minimum atomic E-state index is -0.230.